The van der Waals surface area contributed by atoms with Crippen molar-refractivity contribution in [2.75, 3.05) is 0 Å². The molecule has 1 atom stereocenters. The first-order valence-corrected chi connectivity index (χ1v) is 3.01. The van der Waals surface area contributed by atoms with Crippen LogP contribution in [0.4, 0.5) is 0 Å². The van der Waals surface area contributed by atoms with Crippen LogP contribution in [-0.2, 0) is 0 Å². The lowest BCUT2D eigenvalue weighted by atomic mass is 10.0. The number of aliphatic imine (C=N–C) groups is 1. The highest BCUT2D eigenvalue weighted by molar-refractivity contribution is 5.58. The van der Waals surface area contributed by atoms with Gasteiger partial charge >= 0.3 is 0 Å². The number of nitrogens with two attached hydrogens (primary N) is 4. The zero-order chi connectivity index (χ0) is 8.70. The molecule has 0 aromatic heterocycles. The van der Waals surface area contributed by atoms with Gasteiger partial charge in [0, 0.05) is 0 Å². The predicted octanol–water partition coefficient (Wildman–Crippen LogP) is -3.88. The molecule has 1 heterocycles. The lowest BCUT2D eigenvalue weighted by Crippen LogP contribution is -2.86. The van der Waals surface area contributed by atoms with E-state index in [9.17, 15) is 0 Å². The van der Waals surface area contributed by atoms with E-state index in [1.807, 2.05) is 0 Å². The molecule has 0 radical (unpaired) electrons. The number of aliphatic hydroxyl groups excluding tert-OH is 1. The predicted molar refractivity (Wildman–Crippen MR) is 39.8 cm³/mol. The maximum Gasteiger partial charge on any atom is 0.183 e. The van der Waals surface area contributed by atoms with E-state index in [0.29, 0.717) is 0 Å². The Morgan fingerprint density at radius 3 is 2.27 bits per heavy atom. The summed E-state index contributed by atoms with van der Waals surface area (Å²) in [6, 6.07) is 0. The molecule has 10 N–H and O–H groups in total. The zero-order valence-electron chi connectivity index (χ0n) is 5.86. The highest BCUT2D eigenvalue weighted by Crippen LogP contribution is 2.11. The number of aliphatic hydroxyl groups is 1. The Morgan fingerprint density at radius 1 is 1.36 bits per heavy atom. The molecule has 1 aliphatic heterocycles. The second kappa shape index (κ2) is 2.13. The average molecular weight is 160 g/mol. The summed E-state index contributed by atoms with van der Waals surface area (Å²) in [6.45, 7) is 0. The topological polar surface area (TPSA) is 149 Å². The van der Waals surface area contributed by atoms with Crippen molar-refractivity contribution >= 4 is 6.34 Å². The summed E-state index contributed by atoms with van der Waals surface area (Å²) in [5, 5.41) is 11.6. The van der Waals surface area contributed by atoms with E-state index in [2.05, 4.69) is 10.3 Å². The normalized spacial score (nSPS) is 33.0. The third-order valence-corrected chi connectivity index (χ3v) is 1.66. The molecule has 64 valence electrons. The molecule has 1 unspecified atom stereocenters. The zero-order valence-corrected chi connectivity index (χ0v) is 5.86. The Hall–Kier alpha value is -0.730. The summed E-state index contributed by atoms with van der Waals surface area (Å²) in [6.07, 6.45) is -0.124. The fraction of sp³-hybridized carbons (Fsp3) is 0.750. The Morgan fingerprint density at radius 2 is 1.91 bits per heavy atom. The molecule has 7 heteroatoms. The first kappa shape index (κ1) is 8.37. The van der Waals surface area contributed by atoms with Gasteiger partial charge < -0.3 is 21.9 Å². The van der Waals surface area contributed by atoms with Crippen LogP contribution in [-0.4, -0.2) is 29.1 Å². The van der Waals surface area contributed by atoms with Crippen molar-refractivity contribution < 1.29 is 5.11 Å². The monoisotopic (exact) mass is 160 g/mol. The van der Waals surface area contributed by atoms with Crippen molar-refractivity contribution in [1.82, 2.24) is 5.32 Å². The van der Waals surface area contributed by atoms with Crippen LogP contribution >= 0.6 is 0 Å². The van der Waals surface area contributed by atoms with E-state index >= 15 is 0 Å². The second-order valence-electron chi connectivity index (χ2n) is 2.60. The van der Waals surface area contributed by atoms with Crippen molar-refractivity contribution in [3.8, 4) is 0 Å². The minimum Gasteiger partial charge on any atom is -0.369 e. The van der Waals surface area contributed by atoms with Gasteiger partial charge in [0.2, 0.25) is 0 Å². The number of rotatable bonds is 0. The quantitative estimate of drug-likeness (QED) is 0.200. The summed E-state index contributed by atoms with van der Waals surface area (Å²) in [4.78, 5) is 3.49. The molecular weight excluding hydrogens is 148 g/mol. The minimum absolute atomic E-state index is 1.17. The number of hydrogen-bond acceptors (Lipinski definition) is 7. The fourth-order valence-corrected chi connectivity index (χ4v) is 0.677. The maximum atomic E-state index is 9.12. The van der Waals surface area contributed by atoms with Crippen molar-refractivity contribution in [3.05, 3.63) is 0 Å². The first-order valence-electron chi connectivity index (χ1n) is 3.01. The lowest BCUT2D eigenvalue weighted by Gasteiger charge is -2.43. The van der Waals surface area contributed by atoms with Gasteiger partial charge in [0.25, 0.3) is 0 Å². The van der Waals surface area contributed by atoms with E-state index < -0.39 is 17.7 Å². The van der Waals surface area contributed by atoms with E-state index in [4.69, 9.17) is 28.0 Å². The van der Waals surface area contributed by atoms with Gasteiger partial charge in [-0.05, 0) is 0 Å². The van der Waals surface area contributed by atoms with E-state index in [0.717, 1.165) is 0 Å². The summed E-state index contributed by atoms with van der Waals surface area (Å²) in [5.74, 6) is -1.55. The largest absolute Gasteiger partial charge is 0.369 e. The lowest BCUT2D eigenvalue weighted by molar-refractivity contribution is 0.0278. The van der Waals surface area contributed by atoms with Crippen LogP contribution in [0.15, 0.2) is 4.99 Å². The molecule has 1 aliphatic rings. The number of hydrogen-bond donors (Lipinski definition) is 6. The highest BCUT2D eigenvalue weighted by atomic mass is 16.3. The van der Waals surface area contributed by atoms with Crippen LogP contribution in [0.5, 0.6) is 0 Å². The molecule has 0 aromatic rings. The molecule has 0 spiro atoms. The molecule has 0 aliphatic carbocycles. The molecule has 0 saturated carbocycles. The van der Waals surface area contributed by atoms with Crippen LogP contribution in [0.2, 0.25) is 0 Å². The van der Waals surface area contributed by atoms with Gasteiger partial charge in [-0.3, -0.25) is 11.5 Å². The fourth-order valence-electron chi connectivity index (χ4n) is 0.677. The van der Waals surface area contributed by atoms with Gasteiger partial charge in [-0.1, -0.05) is 0 Å². The summed E-state index contributed by atoms with van der Waals surface area (Å²) < 4.78 is 0. The van der Waals surface area contributed by atoms with Crippen LogP contribution in [0.25, 0.3) is 0 Å². The first-order chi connectivity index (χ1) is 4.88. The minimum atomic E-state index is -1.66. The molecule has 0 bridgehead atoms. The van der Waals surface area contributed by atoms with Crippen molar-refractivity contribution in [2.45, 2.75) is 17.7 Å². The Kier molecular flexibility index (Phi) is 1.62. The van der Waals surface area contributed by atoms with Gasteiger partial charge in [-0.15, -0.1) is 0 Å². The van der Waals surface area contributed by atoms with Crippen molar-refractivity contribution in [1.29, 1.82) is 0 Å². The SMILES string of the molecule is NC1(N)NC=NC(O)C1(N)N. The average Bonchev–Trinajstić information content (AvgIpc) is 1.84. The molecule has 0 amide bonds. The molecule has 0 aromatic carbocycles. The van der Waals surface area contributed by atoms with Gasteiger partial charge in [-0.25, -0.2) is 4.99 Å². The summed E-state index contributed by atoms with van der Waals surface area (Å²) >= 11 is 0. The molecule has 1 rings (SSSR count). The van der Waals surface area contributed by atoms with Crippen LogP contribution in [0.1, 0.15) is 0 Å². The van der Waals surface area contributed by atoms with Crippen molar-refractivity contribution in [2.24, 2.45) is 27.9 Å². The highest BCUT2D eigenvalue weighted by Gasteiger charge is 2.47. The van der Waals surface area contributed by atoms with Crippen molar-refractivity contribution in [3.63, 3.8) is 0 Å². The van der Waals surface area contributed by atoms with Crippen LogP contribution < -0.4 is 28.3 Å². The molecule has 0 saturated heterocycles. The summed E-state index contributed by atoms with van der Waals surface area (Å²) in [7, 11) is 0. The van der Waals surface area contributed by atoms with E-state index in [1.54, 1.807) is 0 Å². The van der Waals surface area contributed by atoms with Crippen LogP contribution in [0, 0.1) is 0 Å². The van der Waals surface area contributed by atoms with Gasteiger partial charge in [-0.2, -0.15) is 0 Å². The Labute approximate surface area is 63.4 Å². The Bertz CT molecular complexity index is 187. The van der Waals surface area contributed by atoms with E-state index in [1.165, 1.54) is 6.34 Å². The summed E-state index contributed by atoms with van der Waals surface area (Å²) in [5.41, 5.74) is 20.0. The standard InChI is InChI=1S/C4H12N6O/c5-3(6)2(11)9-1-10-4(3,7)8/h1-2,11H,5-8H2,(H,9,10). The smallest absolute Gasteiger partial charge is 0.183 e. The molecule has 0 fully saturated rings. The third kappa shape index (κ3) is 1.08. The Balaban J connectivity index is 2.96. The maximum absolute atomic E-state index is 9.12. The number of nitrogens with zero attached hydrogens (tertiary/aromatic N) is 1. The molecule has 11 heavy (non-hydrogen) atoms. The molecular formula is C4H12N6O. The van der Waals surface area contributed by atoms with Gasteiger partial charge in [0.05, 0.1) is 6.34 Å². The van der Waals surface area contributed by atoms with Gasteiger partial charge in [0.15, 0.2) is 17.7 Å². The van der Waals surface area contributed by atoms with Crippen LogP contribution in [0.3, 0.4) is 0 Å². The number of nitrogens with one attached hydrogen (secondary N) is 1. The second-order valence-corrected chi connectivity index (χ2v) is 2.60. The van der Waals surface area contributed by atoms with E-state index in [-0.39, 0.29) is 0 Å². The third-order valence-electron chi connectivity index (χ3n) is 1.66. The van der Waals surface area contributed by atoms with Gasteiger partial charge in [0.1, 0.15) is 0 Å². The molecule has 7 nitrogen and oxygen atoms in total.